The van der Waals surface area contributed by atoms with E-state index in [1.54, 1.807) is 41.7 Å². The van der Waals surface area contributed by atoms with Crippen LogP contribution >= 0.6 is 22.7 Å². The van der Waals surface area contributed by atoms with Gasteiger partial charge in [0.05, 0.1) is 21.1 Å². The number of nitrogens with zero attached hydrogens (tertiary/aromatic N) is 2. The quantitative estimate of drug-likeness (QED) is 0.456. The Balaban J connectivity index is 1.32. The van der Waals surface area contributed by atoms with Crippen molar-refractivity contribution in [1.82, 2.24) is 9.88 Å². The number of rotatable bonds is 4. The highest BCUT2D eigenvalue weighted by Crippen LogP contribution is 2.37. The van der Waals surface area contributed by atoms with Crippen LogP contribution in [0.4, 0.5) is 5.69 Å². The molecule has 7 heteroatoms. The van der Waals surface area contributed by atoms with E-state index in [0.29, 0.717) is 16.1 Å². The Morgan fingerprint density at radius 2 is 1.87 bits per heavy atom. The van der Waals surface area contributed by atoms with Gasteiger partial charge in [-0.3, -0.25) is 9.59 Å². The molecular weight excluding hydrogens is 414 g/mol. The number of benzene rings is 2. The lowest BCUT2D eigenvalue weighted by Crippen LogP contribution is -2.30. The topological polar surface area (TPSA) is 62.3 Å². The number of thiophene rings is 1. The highest BCUT2D eigenvalue weighted by atomic mass is 32.1. The van der Waals surface area contributed by atoms with E-state index in [9.17, 15) is 9.59 Å². The smallest absolute Gasteiger partial charge is 0.265 e. The largest absolute Gasteiger partial charge is 0.329 e. The summed E-state index contributed by atoms with van der Waals surface area (Å²) in [7, 11) is 0. The lowest BCUT2D eigenvalue weighted by Gasteiger charge is -2.23. The Labute approximate surface area is 182 Å². The maximum atomic E-state index is 13.2. The van der Waals surface area contributed by atoms with Crippen molar-refractivity contribution in [3.8, 4) is 0 Å². The highest BCUT2D eigenvalue weighted by Gasteiger charge is 2.32. The van der Waals surface area contributed by atoms with Crippen molar-refractivity contribution in [3.63, 3.8) is 0 Å². The van der Waals surface area contributed by atoms with Crippen LogP contribution in [0.25, 0.3) is 10.2 Å². The Kier molecular flexibility index (Phi) is 5.06. The Morgan fingerprint density at radius 3 is 2.63 bits per heavy atom. The van der Waals surface area contributed by atoms with Gasteiger partial charge in [-0.15, -0.1) is 22.7 Å². The number of hydrogen-bond acceptors (Lipinski definition) is 5. The van der Waals surface area contributed by atoms with Crippen molar-refractivity contribution in [2.45, 2.75) is 18.9 Å². The first kappa shape index (κ1) is 19.0. The maximum absolute atomic E-state index is 13.2. The molecule has 2 amide bonds. The van der Waals surface area contributed by atoms with Gasteiger partial charge in [0.25, 0.3) is 11.8 Å². The van der Waals surface area contributed by atoms with E-state index in [-0.39, 0.29) is 17.9 Å². The minimum absolute atomic E-state index is 0.00731. The average Bonchev–Trinajstić information content (AvgIpc) is 3.53. The van der Waals surface area contributed by atoms with Gasteiger partial charge in [-0.25, -0.2) is 4.98 Å². The molecule has 1 unspecified atom stereocenters. The second kappa shape index (κ2) is 8.01. The number of carbonyl (C=O) groups is 2. The number of anilines is 1. The van der Waals surface area contributed by atoms with Crippen LogP contribution in [0.5, 0.6) is 0 Å². The van der Waals surface area contributed by atoms with Gasteiger partial charge in [-0.1, -0.05) is 18.2 Å². The molecule has 1 saturated heterocycles. The summed E-state index contributed by atoms with van der Waals surface area (Å²) in [5.41, 5.74) is 2.29. The summed E-state index contributed by atoms with van der Waals surface area (Å²) < 4.78 is 1.15. The fourth-order valence-corrected chi connectivity index (χ4v) is 5.50. The number of nitrogens with one attached hydrogen (secondary N) is 1. The van der Waals surface area contributed by atoms with Gasteiger partial charge in [0.2, 0.25) is 0 Å². The minimum atomic E-state index is -0.139. The number of amides is 2. The third-order valence-corrected chi connectivity index (χ3v) is 7.25. The van der Waals surface area contributed by atoms with E-state index in [1.165, 1.54) is 11.3 Å². The molecule has 3 heterocycles. The molecule has 30 heavy (non-hydrogen) atoms. The van der Waals surface area contributed by atoms with Crippen molar-refractivity contribution in [1.29, 1.82) is 0 Å². The van der Waals surface area contributed by atoms with Crippen LogP contribution in [0.3, 0.4) is 0 Å². The predicted molar refractivity (Wildman–Crippen MR) is 121 cm³/mol. The molecule has 0 spiro atoms. The molecule has 5 nitrogen and oxygen atoms in total. The first-order chi connectivity index (χ1) is 14.7. The zero-order chi connectivity index (χ0) is 20.5. The summed E-state index contributed by atoms with van der Waals surface area (Å²) >= 11 is 3.06. The van der Waals surface area contributed by atoms with Crippen LogP contribution in [-0.4, -0.2) is 28.2 Å². The highest BCUT2D eigenvalue weighted by molar-refractivity contribution is 7.18. The van der Waals surface area contributed by atoms with Crippen molar-refractivity contribution in [3.05, 3.63) is 81.5 Å². The average molecular weight is 434 g/mol. The molecule has 1 aliphatic heterocycles. The molecular formula is C23H19N3O2S2. The molecule has 150 valence electrons. The van der Waals surface area contributed by atoms with Gasteiger partial charge in [-0.2, -0.15) is 0 Å². The second-order valence-electron chi connectivity index (χ2n) is 7.19. The van der Waals surface area contributed by atoms with Crippen LogP contribution in [0.1, 0.15) is 43.9 Å². The third kappa shape index (κ3) is 3.62. The van der Waals surface area contributed by atoms with E-state index in [1.807, 2.05) is 34.5 Å². The Morgan fingerprint density at radius 1 is 1.03 bits per heavy atom. The summed E-state index contributed by atoms with van der Waals surface area (Å²) in [6.07, 6.45) is 1.90. The molecule has 0 saturated carbocycles. The van der Waals surface area contributed by atoms with Gasteiger partial charge >= 0.3 is 0 Å². The summed E-state index contributed by atoms with van der Waals surface area (Å²) in [6.45, 7) is 0.732. The van der Waals surface area contributed by atoms with Crippen LogP contribution < -0.4 is 5.32 Å². The first-order valence-electron chi connectivity index (χ1n) is 9.80. The number of hydrogen-bond donors (Lipinski definition) is 1. The van der Waals surface area contributed by atoms with E-state index in [0.717, 1.165) is 34.6 Å². The fourth-order valence-electron chi connectivity index (χ4n) is 3.76. The van der Waals surface area contributed by atoms with Crippen molar-refractivity contribution in [2.24, 2.45) is 0 Å². The molecule has 2 aromatic heterocycles. The summed E-state index contributed by atoms with van der Waals surface area (Å²) in [6, 6.07) is 18.9. The summed E-state index contributed by atoms with van der Waals surface area (Å²) in [4.78, 5) is 32.7. The van der Waals surface area contributed by atoms with Gasteiger partial charge in [0.1, 0.15) is 5.01 Å². The van der Waals surface area contributed by atoms with Crippen molar-refractivity contribution >= 4 is 50.4 Å². The van der Waals surface area contributed by atoms with Crippen molar-refractivity contribution in [2.75, 3.05) is 11.9 Å². The van der Waals surface area contributed by atoms with Crippen LogP contribution in [-0.2, 0) is 0 Å². The Hall–Kier alpha value is -3.03. The SMILES string of the molecule is O=C(Nc1ccc(C(=O)N2CCCC2c2nc3ccccc3s2)cc1)c1cccs1. The van der Waals surface area contributed by atoms with Gasteiger partial charge in [0, 0.05) is 17.8 Å². The van der Waals surface area contributed by atoms with Gasteiger partial charge < -0.3 is 10.2 Å². The third-order valence-electron chi connectivity index (χ3n) is 5.24. The minimum Gasteiger partial charge on any atom is -0.329 e. The number of likely N-dealkylation sites (tertiary alicyclic amines) is 1. The first-order valence-corrected chi connectivity index (χ1v) is 11.5. The van der Waals surface area contributed by atoms with Crippen LogP contribution in [0.15, 0.2) is 66.0 Å². The lowest BCUT2D eigenvalue weighted by molar-refractivity contribution is 0.0735. The molecule has 1 aliphatic rings. The molecule has 1 fully saturated rings. The second-order valence-corrected chi connectivity index (χ2v) is 9.20. The zero-order valence-corrected chi connectivity index (χ0v) is 17.7. The van der Waals surface area contributed by atoms with E-state index in [4.69, 9.17) is 4.98 Å². The van der Waals surface area contributed by atoms with Crippen LogP contribution in [0.2, 0.25) is 0 Å². The molecule has 4 aromatic rings. The lowest BCUT2D eigenvalue weighted by atomic mass is 10.1. The Bertz CT molecular complexity index is 1170. The molecule has 5 rings (SSSR count). The predicted octanol–water partition coefficient (Wildman–Crippen LogP) is 5.59. The normalized spacial score (nSPS) is 16.1. The number of thiazole rings is 1. The monoisotopic (exact) mass is 433 g/mol. The number of fused-ring (bicyclic) bond motifs is 1. The molecule has 0 aliphatic carbocycles. The number of aromatic nitrogens is 1. The van der Waals surface area contributed by atoms with Crippen LogP contribution in [0, 0.1) is 0 Å². The van der Waals surface area contributed by atoms with E-state index < -0.39 is 0 Å². The van der Waals surface area contributed by atoms with Gasteiger partial charge in [0.15, 0.2) is 0 Å². The molecule has 0 radical (unpaired) electrons. The fraction of sp³-hybridized carbons (Fsp3) is 0.174. The molecule has 0 bridgehead atoms. The standard InChI is InChI=1S/C23H19N3O2S2/c27-21(20-8-4-14-29-20)24-16-11-9-15(10-12-16)23(28)26-13-3-6-18(26)22-25-17-5-1-2-7-19(17)30-22/h1-2,4-5,7-12,14,18H,3,6,13H2,(H,24,27). The van der Waals surface area contributed by atoms with Crippen molar-refractivity contribution < 1.29 is 9.59 Å². The molecule has 2 aromatic carbocycles. The number of para-hydroxylation sites is 1. The summed E-state index contributed by atoms with van der Waals surface area (Å²) in [5.74, 6) is -0.132. The van der Waals surface area contributed by atoms with Gasteiger partial charge in [-0.05, 0) is 60.7 Å². The van der Waals surface area contributed by atoms with E-state index >= 15 is 0 Å². The zero-order valence-electron chi connectivity index (χ0n) is 16.1. The van der Waals surface area contributed by atoms with E-state index in [2.05, 4.69) is 11.4 Å². The molecule has 1 atom stereocenters. The molecule has 1 N–H and O–H groups in total. The summed E-state index contributed by atoms with van der Waals surface area (Å²) in [5, 5.41) is 5.74. The maximum Gasteiger partial charge on any atom is 0.265 e. The number of carbonyl (C=O) groups excluding carboxylic acids is 2.